The molecule has 30 heavy (non-hydrogen) atoms. The molecule has 0 saturated heterocycles. The first-order chi connectivity index (χ1) is 14.7. The molecule has 0 atom stereocenters. The number of rotatable bonds is 8. The molecule has 0 fully saturated rings. The molecular formula is C23H21N3O2S2. The van der Waals surface area contributed by atoms with E-state index in [0.29, 0.717) is 10.9 Å². The molecule has 0 saturated carbocycles. The summed E-state index contributed by atoms with van der Waals surface area (Å²) in [6.07, 6.45) is 0.971. The van der Waals surface area contributed by atoms with Crippen LogP contribution in [0.3, 0.4) is 0 Å². The Bertz CT molecular complexity index is 1140. The molecule has 0 bridgehead atoms. The van der Waals surface area contributed by atoms with E-state index in [2.05, 4.69) is 58.8 Å². The number of nitrogens with one attached hydrogen (secondary N) is 1. The lowest BCUT2D eigenvalue weighted by Crippen LogP contribution is -2.20. The second-order valence-electron chi connectivity index (χ2n) is 6.63. The van der Waals surface area contributed by atoms with Crippen molar-refractivity contribution in [3.63, 3.8) is 0 Å². The van der Waals surface area contributed by atoms with Gasteiger partial charge in [0, 0.05) is 5.75 Å². The number of fused-ring (bicyclic) bond motifs is 1. The van der Waals surface area contributed by atoms with Crippen molar-refractivity contribution in [3.8, 4) is 5.75 Å². The van der Waals surface area contributed by atoms with Crippen LogP contribution in [-0.4, -0.2) is 22.7 Å². The summed E-state index contributed by atoms with van der Waals surface area (Å²) in [5.41, 5.74) is 2.48. The number of benzene rings is 3. The molecule has 1 heterocycles. The summed E-state index contributed by atoms with van der Waals surface area (Å²) in [7, 11) is 0. The Morgan fingerprint density at radius 3 is 2.67 bits per heavy atom. The van der Waals surface area contributed by atoms with Gasteiger partial charge in [0.15, 0.2) is 10.9 Å². The first-order valence-electron chi connectivity index (χ1n) is 9.66. The van der Waals surface area contributed by atoms with Gasteiger partial charge in [-0.2, -0.15) is 0 Å². The van der Waals surface area contributed by atoms with Crippen LogP contribution in [-0.2, 0) is 17.0 Å². The highest BCUT2D eigenvalue weighted by Gasteiger charge is 2.10. The van der Waals surface area contributed by atoms with Crippen LogP contribution in [0.1, 0.15) is 18.1 Å². The van der Waals surface area contributed by atoms with Gasteiger partial charge in [0.2, 0.25) is 5.13 Å². The highest BCUT2D eigenvalue weighted by atomic mass is 32.2. The Labute approximate surface area is 183 Å². The minimum Gasteiger partial charge on any atom is -0.484 e. The molecule has 1 aromatic heterocycles. The van der Waals surface area contributed by atoms with E-state index in [1.807, 2.05) is 30.3 Å². The van der Waals surface area contributed by atoms with E-state index >= 15 is 0 Å². The lowest BCUT2D eigenvalue weighted by Gasteiger charge is -2.06. The summed E-state index contributed by atoms with van der Waals surface area (Å²) < 4.78 is 6.35. The number of hydrogen-bond donors (Lipinski definition) is 1. The lowest BCUT2D eigenvalue weighted by molar-refractivity contribution is -0.118. The van der Waals surface area contributed by atoms with E-state index in [4.69, 9.17) is 4.74 Å². The number of nitrogens with zero attached hydrogens (tertiary/aromatic N) is 2. The number of carbonyl (C=O) groups excluding carboxylic acids is 1. The fourth-order valence-corrected chi connectivity index (χ4v) is 4.77. The molecule has 0 spiro atoms. The summed E-state index contributed by atoms with van der Waals surface area (Å²) in [5.74, 6) is 1.21. The number of hydrogen-bond acceptors (Lipinski definition) is 6. The minimum atomic E-state index is -0.253. The van der Waals surface area contributed by atoms with Crippen LogP contribution in [0.25, 0.3) is 10.8 Å². The third-order valence-electron chi connectivity index (χ3n) is 4.59. The van der Waals surface area contributed by atoms with Crippen LogP contribution in [0.2, 0.25) is 0 Å². The average Bonchev–Trinajstić information content (AvgIpc) is 3.23. The van der Waals surface area contributed by atoms with E-state index in [1.165, 1.54) is 33.2 Å². The van der Waals surface area contributed by atoms with Gasteiger partial charge in [0.1, 0.15) is 5.75 Å². The summed E-state index contributed by atoms with van der Waals surface area (Å²) in [4.78, 5) is 12.1. The Balaban J connectivity index is 1.29. The smallest absolute Gasteiger partial charge is 0.264 e. The van der Waals surface area contributed by atoms with Gasteiger partial charge in [-0.25, -0.2) is 0 Å². The molecule has 0 unspecified atom stereocenters. The highest BCUT2D eigenvalue weighted by Crippen LogP contribution is 2.30. The van der Waals surface area contributed by atoms with Crippen LogP contribution >= 0.6 is 23.1 Å². The quantitative estimate of drug-likeness (QED) is 0.290. The number of amides is 1. The Morgan fingerprint density at radius 1 is 1.03 bits per heavy atom. The van der Waals surface area contributed by atoms with E-state index < -0.39 is 0 Å². The van der Waals surface area contributed by atoms with Crippen LogP contribution in [0.15, 0.2) is 71.1 Å². The standard InChI is InChI=1S/C23H21N3O2S2/c1-2-16-10-12-19(13-11-16)28-14-21(27)24-22-25-26-23(30-22)29-15-18-8-5-7-17-6-3-4-9-20(17)18/h3-13H,2,14-15H2,1H3,(H,24,25,27). The molecule has 4 aromatic rings. The topological polar surface area (TPSA) is 64.1 Å². The molecule has 152 valence electrons. The first kappa shape index (κ1) is 20.4. The van der Waals surface area contributed by atoms with E-state index in [9.17, 15) is 4.79 Å². The zero-order valence-electron chi connectivity index (χ0n) is 16.5. The number of carbonyl (C=O) groups is 1. The highest BCUT2D eigenvalue weighted by molar-refractivity contribution is 8.00. The summed E-state index contributed by atoms with van der Waals surface area (Å²) >= 11 is 2.98. The number of anilines is 1. The van der Waals surface area contributed by atoms with Crippen molar-refractivity contribution in [2.24, 2.45) is 0 Å². The monoisotopic (exact) mass is 435 g/mol. The molecule has 0 aliphatic rings. The fourth-order valence-electron chi connectivity index (χ4n) is 3.00. The maximum atomic E-state index is 12.1. The normalized spacial score (nSPS) is 10.8. The summed E-state index contributed by atoms with van der Waals surface area (Å²) in [6.45, 7) is 2.03. The van der Waals surface area contributed by atoms with Gasteiger partial charge in [-0.05, 0) is 40.5 Å². The van der Waals surface area contributed by atoms with Crippen molar-refractivity contribution in [1.82, 2.24) is 10.2 Å². The molecule has 4 rings (SSSR count). The van der Waals surface area contributed by atoms with Crippen molar-refractivity contribution < 1.29 is 9.53 Å². The van der Waals surface area contributed by atoms with Crippen LogP contribution in [0.4, 0.5) is 5.13 Å². The second kappa shape index (κ2) is 9.73. The number of ether oxygens (including phenoxy) is 1. The minimum absolute atomic E-state index is 0.0659. The van der Waals surface area contributed by atoms with Crippen LogP contribution in [0, 0.1) is 0 Å². The fraction of sp³-hybridized carbons (Fsp3) is 0.174. The SMILES string of the molecule is CCc1ccc(OCC(=O)Nc2nnc(SCc3cccc4ccccc34)s2)cc1. The molecule has 3 aromatic carbocycles. The van der Waals surface area contributed by atoms with Crippen LogP contribution < -0.4 is 10.1 Å². The molecule has 0 aliphatic heterocycles. The maximum Gasteiger partial charge on any atom is 0.264 e. The number of aromatic nitrogens is 2. The Morgan fingerprint density at radius 2 is 1.83 bits per heavy atom. The van der Waals surface area contributed by atoms with Gasteiger partial charge in [-0.1, -0.05) is 84.6 Å². The van der Waals surface area contributed by atoms with E-state index in [1.54, 1.807) is 11.8 Å². The lowest BCUT2D eigenvalue weighted by atomic mass is 10.1. The van der Waals surface area contributed by atoms with Crippen molar-refractivity contribution in [2.75, 3.05) is 11.9 Å². The predicted molar refractivity (Wildman–Crippen MR) is 123 cm³/mol. The average molecular weight is 436 g/mol. The molecule has 1 N–H and O–H groups in total. The zero-order chi connectivity index (χ0) is 20.8. The second-order valence-corrected chi connectivity index (χ2v) is 8.83. The summed E-state index contributed by atoms with van der Waals surface area (Å²) in [6, 6.07) is 22.4. The number of aryl methyl sites for hydroxylation is 1. The van der Waals surface area contributed by atoms with Gasteiger partial charge in [0.05, 0.1) is 0 Å². The third kappa shape index (κ3) is 5.17. The van der Waals surface area contributed by atoms with Crippen molar-refractivity contribution >= 4 is 44.9 Å². The summed E-state index contributed by atoms with van der Waals surface area (Å²) in [5, 5.41) is 13.9. The molecule has 7 heteroatoms. The Hall–Kier alpha value is -2.90. The van der Waals surface area contributed by atoms with Crippen molar-refractivity contribution in [1.29, 1.82) is 0 Å². The van der Waals surface area contributed by atoms with Gasteiger partial charge >= 0.3 is 0 Å². The molecule has 5 nitrogen and oxygen atoms in total. The molecular weight excluding hydrogens is 414 g/mol. The third-order valence-corrected chi connectivity index (χ3v) is 6.61. The first-order valence-corrected chi connectivity index (χ1v) is 11.5. The molecule has 0 aliphatic carbocycles. The van der Waals surface area contributed by atoms with Gasteiger partial charge in [-0.3, -0.25) is 10.1 Å². The predicted octanol–water partition coefficient (Wildman–Crippen LogP) is 5.56. The van der Waals surface area contributed by atoms with Crippen molar-refractivity contribution in [2.45, 2.75) is 23.4 Å². The van der Waals surface area contributed by atoms with Crippen molar-refractivity contribution in [3.05, 3.63) is 77.9 Å². The van der Waals surface area contributed by atoms with E-state index in [0.717, 1.165) is 16.5 Å². The zero-order valence-corrected chi connectivity index (χ0v) is 18.1. The molecule has 1 amide bonds. The van der Waals surface area contributed by atoms with Crippen LogP contribution in [0.5, 0.6) is 5.75 Å². The van der Waals surface area contributed by atoms with Gasteiger partial charge in [-0.15, -0.1) is 10.2 Å². The van der Waals surface area contributed by atoms with Gasteiger partial charge < -0.3 is 4.74 Å². The number of thioether (sulfide) groups is 1. The molecule has 0 radical (unpaired) electrons. The van der Waals surface area contributed by atoms with Gasteiger partial charge in [0.25, 0.3) is 5.91 Å². The Kier molecular flexibility index (Phi) is 6.61. The maximum absolute atomic E-state index is 12.1. The van der Waals surface area contributed by atoms with E-state index in [-0.39, 0.29) is 12.5 Å². The largest absolute Gasteiger partial charge is 0.484 e.